The van der Waals surface area contributed by atoms with Crippen molar-refractivity contribution in [2.75, 3.05) is 6.54 Å². The van der Waals surface area contributed by atoms with Crippen LogP contribution in [0.5, 0.6) is 0 Å². The van der Waals surface area contributed by atoms with Crippen molar-refractivity contribution in [3.63, 3.8) is 0 Å². The normalized spacial score (nSPS) is 11.8. The van der Waals surface area contributed by atoms with Crippen LogP contribution >= 0.6 is 0 Å². The van der Waals surface area contributed by atoms with E-state index in [0.29, 0.717) is 13.0 Å². The number of unbranched alkanes of at least 4 members (excludes halogenated alkanes) is 16. The number of amides is 2. The van der Waals surface area contributed by atoms with E-state index in [1.807, 2.05) is 0 Å². The largest absolute Gasteiger partial charge is 0.481 e. The maximum atomic E-state index is 12.4. The predicted molar refractivity (Wildman–Crippen MR) is 136 cm³/mol. The fourth-order valence-electron chi connectivity index (χ4n) is 4.02. The molecule has 0 radical (unpaired) electrons. The lowest BCUT2D eigenvalue weighted by atomic mass is 10.1. The molecule has 194 valence electrons. The second kappa shape index (κ2) is 23.6. The van der Waals surface area contributed by atoms with Crippen LogP contribution in [-0.2, 0) is 14.4 Å². The van der Waals surface area contributed by atoms with Crippen molar-refractivity contribution in [3.05, 3.63) is 0 Å². The van der Waals surface area contributed by atoms with Crippen molar-refractivity contribution in [1.29, 1.82) is 0 Å². The van der Waals surface area contributed by atoms with Crippen molar-refractivity contribution in [2.45, 2.75) is 148 Å². The van der Waals surface area contributed by atoms with Crippen LogP contribution in [0.25, 0.3) is 0 Å². The van der Waals surface area contributed by atoms with E-state index in [2.05, 4.69) is 24.5 Å². The number of carbonyl (C=O) groups is 3. The summed E-state index contributed by atoms with van der Waals surface area (Å²) in [4.78, 5) is 35.7. The summed E-state index contributed by atoms with van der Waals surface area (Å²) < 4.78 is 0. The van der Waals surface area contributed by atoms with E-state index < -0.39 is 17.9 Å². The first-order valence-corrected chi connectivity index (χ1v) is 13.8. The van der Waals surface area contributed by atoms with Crippen molar-refractivity contribution >= 4 is 17.8 Å². The van der Waals surface area contributed by atoms with Gasteiger partial charge in [-0.15, -0.1) is 0 Å². The van der Waals surface area contributed by atoms with Crippen molar-refractivity contribution in [2.24, 2.45) is 0 Å². The molecule has 0 rings (SSSR count). The molecular formula is C27H52N2O4. The molecule has 0 spiro atoms. The molecule has 1 atom stereocenters. The van der Waals surface area contributed by atoms with Crippen LogP contribution in [0.3, 0.4) is 0 Å². The fourth-order valence-corrected chi connectivity index (χ4v) is 4.02. The molecule has 0 fully saturated rings. The molecule has 6 heteroatoms. The summed E-state index contributed by atoms with van der Waals surface area (Å²) in [5, 5.41) is 14.5. The van der Waals surface area contributed by atoms with E-state index in [1.54, 1.807) is 0 Å². The Hall–Kier alpha value is -1.59. The molecule has 0 aromatic rings. The third-order valence-corrected chi connectivity index (χ3v) is 6.12. The van der Waals surface area contributed by atoms with Gasteiger partial charge in [-0.05, 0) is 12.8 Å². The highest BCUT2D eigenvalue weighted by Gasteiger charge is 2.23. The minimum absolute atomic E-state index is 0.233. The molecule has 0 aliphatic carbocycles. The highest BCUT2D eigenvalue weighted by molar-refractivity contribution is 5.90. The van der Waals surface area contributed by atoms with Crippen LogP contribution in [0.1, 0.15) is 142 Å². The smallest absolute Gasteiger partial charge is 0.305 e. The Morgan fingerprint density at radius 1 is 0.636 bits per heavy atom. The van der Waals surface area contributed by atoms with Crippen LogP contribution in [-0.4, -0.2) is 35.5 Å². The summed E-state index contributed by atoms with van der Waals surface area (Å²) in [6.07, 6.45) is 21.4. The van der Waals surface area contributed by atoms with E-state index in [-0.39, 0.29) is 12.3 Å². The number of carbonyl (C=O) groups excluding carboxylic acids is 2. The minimum atomic E-state index is -1.08. The zero-order valence-electron chi connectivity index (χ0n) is 21.6. The zero-order valence-corrected chi connectivity index (χ0v) is 21.6. The highest BCUT2D eigenvalue weighted by atomic mass is 16.4. The Morgan fingerprint density at radius 3 is 1.52 bits per heavy atom. The quantitative estimate of drug-likeness (QED) is 0.141. The van der Waals surface area contributed by atoms with Crippen molar-refractivity contribution in [1.82, 2.24) is 10.6 Å². The van der Waals surface area contributed by atoms with Crippen LogP contribution < -0.4 is 10.6 Å². The van der Waals surface area contributed by atoms with Crippen LogP contribution in [0.4, 0.5) is 0 Å². The summed E-state index contributed by atoms with van der Waals surface area (Å²) in [6.45, 7) is 4.95. The maximum Gasteiger partial charge on any atom is 0.305 e. The van der Waals surface area contributed by atoms with Gasteiger partial charge >= 0.3 is 5.97 Å². The predicted octanol–water partition coefficient (Wildman–Crippen LogP) is 6.51. The van der Waals surface area contributed by atoms with Gasteiger partial charge in [0.1, 0.15) is 6.04 Å². The van der Waals surface area contributed by atoms with Gasteiger partial charge in [-0.2, -0.15) is 0 Å². The molecule has 6 nitrogen and oxygen atoms in total. The molecule has 0 aliphatic rings. The van der Waals surface area contributed by atoms with E-state index in [9.17, 15) is 14.4 Å². The van der Waals surface area contributed by atoms with Gasteiger partial charge in [0.2, 0.25) is 11.8 Å². The van der Waals surface area contributed by atoms with E-state index >= 15 is 0 Å². The summed E-state index contributed by atoms with van der Waals surface area (Å²) in [5.74, 6) is -1.71. The maximum absolute atomic E-state index is 12.4. The Morgan fingerprint density at radius 2 is 1.06 bits per heavy atom. The number of rotatable bonds is 24. The summed E-state index contributed by atoms with van der Waals surface area (Å²) in [7, 11) is 0. The van der Waals surface area contributed by atoms with Gasteiger partial charge in [0.15, 0.2) is 0 Å². The molecule has 2 amide bonds. The average molecular weight is 469 g/mol. The number of carboxylic acid groups (broad SMARTS) is 1. The second-order valence-electron chi connectivity index (χ2n) is 9.42. The molecule has 1 unspecified atom stereocenters. The van der Waals surface area contributed by atoms with Crippen molar-refractivity contribution < 1.29 is 19.5 Å². The highest BCUT2D eigenvalue weighted by Crippen LogP contribution is 2.12. The molecule has 0 heterocycles. The zero-order chi connectivity index (χ0) is 24.6. The number of carboxylic acids is 1. The Bertz CT molecular complexity index is 497. The molecule has 0 bridgehead atoms. The molecule has 3 N–H and O–H groups in total. The Labute approximate surface area is 203 Å². The van der Waals surface area contributed by atoms with Crippen LogP contribution in [0.15, 0.2) is 0 Å². The standard InChI is InChI=1S/C27H52N2O4/c1-3-5-7-9-11-12-13-14-15-17-19-21-25(30)29-24(23-26(31)32)27(33)28-22-20-18-16-10-8-6-4-2/h24H,3-23H2,1-2H3,(H,28,33)(H,29,30)(H,31,32). The van der Waals surface area contributed by atoms with Crippen molar-refractivity contribution in [3.8, 4) is 0 Å². The first kappa shape index (κ1) is 31.4. The lowest BCUT2D eigenvalue weighted by molar-refractivity contribution is -0.140. The van der Waals surface area contributed by atoms with E-state index in [1.165, 1.54) is 77.0 Å². The molecule has 0 aromatic heterocycles. The third-order valence-electron chi connectivity index (χ3n) is 6.12. The number of aliphatic carboxylic acids is 1. The fraction of sp³-hybridized carbons (Fsp3) is 0.889. The Balaban J connectivity index is 3.90. The van der Waals surface area contributed by atoms with Gasteiger partial charge in [0.25, 0.3) is 0 Å². The van der Waals surface area contributed by atoms with Gasteiger partial charge in [-0.25, -0.2) is 0 Å². The monoisotopic (exact) mass is 468 g/mol. The number of hydrogen-bond donors (Lipinski definition) is 3. The molecular weight excluding hydrogens is 416 g/mol. The SMILES string of the molecule is CCCCCCCCCCCCCC(=O)NC(CC(=O)O)C(=O)NCCCCCCCCC. The lowest BCUT2D eigenvalue weighted by Crippen LogP contribution is -2.48. The summed E-state index contributed by atoms with van der Waals surface area (Å²) in [5.41, 5.74) is 0. The minimum Gasteiger partial charge on any atom is -0.481 e. The van der Waals surface area contributed by atoms with Gasteiger partial charge in [-0.1, -0.05) is 117 Å². The molecule has 0 aliphatic heterocycles. The van der Waals surface area contributed by atoms with E-state index in [0.717, 1.165) is 38.5 Å². The first-order chi connectivity index (χ1) is 16.0. The second-order valence-corrected chi connectivity index (χ2v) is 9.42. The van der Waals surface area contributed by atoms with Crippen LogP contribution in [0.2, 0.25) is 0 Å². The van der Waals surface area contributed by atoms with Gasteiger partial charge in [-0.3, -0.25) is 14.4 Å². The number of nitrogens with one attached hydrogen (secondary N) is 2. The molecule has 0 saturated heterocycles. The average Bonchev–Trinajstić information content (AvgIpc) is 2.78. The number of hydrogen-bond acceptors (Lipinski definition) is 3. The van der Waals surface area contributed by atoms with Gasteiger partial charge < -0.3 is 15.7 Å². The molecule has 0 aromatic carbocycles. The molecule has 33 heavy (non-hydrogen) atoms. The first-order valence-electron chi connectivity index (χ1n) is 13.8. The summed E-state index contributed by atoms with van der Waals surface area (Å²) in [6, 6.07) is -0.993. The topological polar surface area (TPSA) is 95.5 Å². The van der Waals surface area contributed by atoms with Crippen LogP contribution in [0, 0.1) is 0 Å². The van der Waals surface area contributed by atoms with Gasteiger partial charge in [0.05, 0.1) is 6.42 Å². The summed E-state index contributed by atoms with van der Waals surface area (Å²) >= 11 is 0. The third kappa shape index (κ3) is 22.0. The Kier molecular flexibility index (Phi) is 22.4. The molecule has 0 saturated carbocycles. The lowest BCUT2D eigenvalue weighted by Gasteiger charge is -2.17. The van der Waals surface area contributed by atoms with E-state index in [4.69, 9.17) is 5.11 Å². The van der Waals surface area contributed by atoms with Gasteiger partial charge in [0, 0.05) is 13.0 Å².